The molecule has 24 heavy (non-hydrogen) atoms. The molecule has 1 aliphatic heterocycles. The quantitative estimate of drug-likeness (QED) is 0.818. The third-order valence-corrected chi connectivity index (χ3v) is 3.57. The van der Waals surface area contributed by atoms with Crippen LogP contribution in [0, 0.1) is 11.8 Å². The Kier molecular flexibility index (Phi) is 6.89. The second-order valence-corrected chi connectivity index (χ2v) is 8.51. The molecule has 2 amide bonds. The average molecular weight is 343 g/mol. The topological polar surface area (TPSA) is 79.9 Å². The molecule has 0 spiro atoms. The number of rotatable bonds is 4. The third-order valence-electron chi connectivity index (χ3n) is 3.57. The van der Waals surface area contributed by atoms with Gasteiger partial charge in [-0.05, 0) is 60.4 Å². The molecule has 0 aromatic heterocycles. The monoisotopic (exact) mass is 343 g/mol. The molecule has 1 rings (SSSR count). The van der Waals surface area contributed by atoms with Crippen LogP contribution in [0.5, 0.6) is 0 Å². The van der Waals surface area contributed by atoms with Gasteiger partial charge in [0.15, 0.2) is 0 Å². The Bertz CT molecular complexity index is 400. The molecular weight excluding hydrogens is 310 g/mol. The van der Waals surface area contributed by atoms with E-state index in [9.17, 15) is 9.59 Å². The minimum absolute atomic E-state index is 0.262. The van der Waals surface area contributed by atoms with Crippen LogP contribution in [0.15, 0.2) is 0 Å². The van der Waals surface area contributed by atoms with Crippen molar-refractivity contribution < 1.29 is 19.1 Å². The number of carbonyl (C=O) groups is 2. The van der Waals surface area contributed by atoms with E-state index in [2.05, 4.69) is 15.5 Å². The molecule has 0 bridgehead atoms. The molecule has 1 fully saturated rings. The molecule has 140 valence electrons. The standard InChI is InChI=1S/C17H33N3O4/c1-16(2,3)23-14(21)18-8-12-10-20(7)11-13(12)9-19-15(22)24-17(4,5)6/h12-13H,8-11H2,1-7H3,(H,18,21)(H,19,22). The van der Waals surface area contributed by atoms with Gasteiger partial charge in [0.05, 0.1) is 0 Å². The van der Waals surface area contributed by atoms with Crippen LogP contribution in [-0.2, 0) is 9.47 Å². The molecule has 2 N–H and O–H groups in total. The maximum Gasteiger partial charge on any atom is 0.407 e. The fourth-order valence-corrected chi connectivity index (χ4v) is 2.69. The molecule has 2 unspecified atom stereocenters. The Hall–Kier alpha value is -1.50. The number of nitrogens with one attached hydrogen (secondary N) is 2. The van der Waals surface area contributed by atoms with Crippen molar-refractivity contribution >= 4 is 12.2 Å². The largest absolute Gasteiger partial charge is 0.444 e. The Labute approximate surface area is 145 Å². The Balaban J connectivity index is 2.43. The van der Waals surface area contributed by atoms with Gasteiger partial charge in [-0.25, -0.2) is 9.59 Å². The predicted molar refractivity (Wildman–Crippen MR) is 93.0 cm³/mol. The van der Waals surface area contributed by atoms with Crippen molar-refractivity contribution in [2.45, 2.75) is 52.7 Å². The third kappa shape index (κ3) is 8.38. The molecule has 1 heterocycles. The van der Waals surface area contributed by atoms with Gasteiger partial charge in [0, 0.05) is 26.2 Å². The van der Waals surface area contributed by atoms with Crippen molar-refractivity contribution in [1.82, 2.24) is 15.5 Å². The van der Waals surface area contributed by atoms with E-state index in [0.29, 0.717) is 13.1 Å². The Morgan fingerprint density at radius 3 is 1.50 bits per heavy atom. The molecule has 1 saturated heterocycles. The van der Waals surface area contributed by atoms with E-state index in [0.717, 1.165) is 13.1 Å². The maximum atomic E-state index is 11.8. The lowest BCUT2D eigenvalue weighted by Gasteiger charge is -2.24. The Morgan fingerprint density at radius 1 is 0.875 bits per heavy atom. The summed E-state index contributed by atoms with van der Waals surface area (Å²) in [5.41, 5.74) is -1.01. The van der Waals surface area contributed by atoms with Crippen LogP contribution < -0.4 is 10.6 Å². The lowest BCUT2D eigenvalue weighted by atomic mass is 9.96. The first kappa shape index (κ1) is 20.5. The maximum absolute atomic E-state index is 11.8. The summed E-state index contributed by atoms with van der Waals surface area (Å²) in [4.78, 5) is 25.8. The predicted octanol–water partition coefficient (Wildman–Crippen LogP) is 2.21. The van der Waals surface area contributed by atoms with E-state index in [1.54, 1.807) is 0 Å². The summed E-state index contributed by atoms with van der Waals surface area (Å²) in [6, 6.07) is 0. The molecule has 0 aliphatic carbocycles. The SMILES string of the molecule is CN1CC(CNC(=O)OC(C)(C)C)C(CNC(=O)OC(C)(C)C)C1. The van der Waals surface area contributed by atoms with Crippen molar-refractivity contribution in [3.05, 3.63) is 0 Å². The second-order valence-electron chi connectivity index (χ2n) is 8.51. The van der Waals surface area contributed by atoms with E-state index >= 15 is 0 Å². The summed E-state index contributed by atoms with van der Waals surface area (Å²) < 4.78 is 10.5. The van der Waals surface area contributed by atoms with E-state index in [1.807, 2.05) is 48.6 Å². The number of hydrogen-bond donors (Lipinski definition) is 2. The first-order chi connectivity index (χ1) is 10.9. The summed E-state index contributed by atoms with van der Waals surface area (Å²) in [5.74, 6) is 0.523. The smallest absolute Gasteiger partial charge is 0.407 e. The van der Waals surface area contributed by atoms with Crippen LogP contribution in [0.2, 0.25) is 0 Å². The summed E-state index contributed by atoms with van der Waals surface area (Å²) in [6.07, 6.45) is -0.813. The number of nitrogens with zero attached hydrogens (tertiary/aromatic N) is 1. The van der Waals surface area contributed by atoms with Crippen LogP contribution in [0.4, 0.5) is 9.59 Å². The van der Waals surface area contributed by atoms with Gasteiger partial charge in [0.1, 0.15) is 11.2 Å². The molecule has 1 aliphatic rings. The number of alkyl carbamates (subject to hydrolysis) is 2. The van der Waals surface area contributed by atoms with Gasteiger partial charge in [-0.15, -0.1) is 0 Å². The highest BCUT2D eigenvalue weighted by atomic mass is 16.6. The first-order valence-corrected chi connectivity index (χ1v) is 8.48. The van der Waals surface area contributed by atoms with Gasteiger partial charge < -0.3 is 25.0 Å². The minimum atomic E-state index is -0.506. The number of hydrogen-bond acceptors (Lipinski definition) is 5. The van der Waals surface area contributed by atoms with Crippen LogP contribution in [0.1, 0.15) is 41.5 Å². The van der Waals surface area contributed by atoms with Gasteiger partial charge in [-0.1, -0.05) is 0 Å². The van der Waals surface area contributed by atoms with E-state index in [-0.39, 0.29) is 11.8 Å². The molecule has 0 radical (unpaired) electrons. The number of amides is 2. The van der Waals surface area contributed by atoms with E-state index < -0.39 is 23.4 Å². The van der Waals surface area contributed by atoms with Gasteiger partial charge >= 0.3 is 12.2 Å². The van der Waals surface area contributed by atoms with E-state index in [1.165, 1.54) is 0 Å². The molecule has 0 saturated carbocycles. The fourth-order valence-electron chi connectivity index (χ4n) is 2.69. The van der Waals surface area contributed by atoms with Gasteiger partial charge in [0.25, 0.3) is 0 Å². The van der Waals surface area contributed by atoms with Gasteiger partial charge in [-0.3, -0.25) is 0 Å². The van der Waals surface area contributed by atoms with Crippen molar-refractivity contribution in [2.24, 2.45) is 11.8 Å². The number of carbonyl (C=O) groups excluding carboxylic acids is 2. The zero-order valence-electron chi connectivity index (χ0n) is 16.1. The lowest BCUT2D eigenvalue weighted by Crippen LogP contribution is -2.40. The van der Waals surface area contributed by atoms with Crippen molar-refractivity contribution in [1.29, 1.82) is 0 Å². The summed E-state index contributed by atoms with van der Waals surface area (Å²) >= 11 is 0. The first-order valence-electron chi connectivity index (χ1n) is 8.48. The molecule has 2 atom stereocenters. The van der Waals surface area contributed by atoms with Crippen LogP contribution >= 0.6 is 0 Å². The molecule has 0 aromatic rings. The molecule has 0 aromatic carbocycles. The van der Waals surface area contributed by atoms with Gasteiger partial charge in [-0.2, -0.15) is 0 Å². The van der Waals surface area contributed by atoms with Gasteiger partial charge in [0.2, 0.25) is 0 Å². The fraction of sp³-hybridized carbons (Fsp3) is 0.882. The van der Waals surface area contributed by atoms with Crippen molar-refractivity contribution in [3.63, 3.8) is 0 Å². The lowest BCUT2D eigenvalue weighted by molar-refractivity contribution is 0.0491. The molecule has 7 heteroatoms. The zero-order valence-corrected chi connectivity index (χ0v) is 16.1. The zero-order chi connectivity index (χ0) is 18.5. The summed E-state index contributed by atoms with van der Waals surface area (Å²) in [7, 11) is 2.04. The van der Waals surface area contributed by atoms with Crippen molar-refractivity contribution in [2.75, 3.05) is 33.2 Å². The summed E-state index contributed by atoms with van der Waals surface area (Å²) in [5, 5.41) is 5.65. The van der Waals surface area contributed by atoms with Crippen LogP contribution in [0.3, 0.4) is 0 Å². The molecular formula is C17H33N3O4. The normalized spacial score (nSPS) is 22.1. The Morgan fingerprint density at radius 2 is 1.21 bits per heavy atom. The highest BCUT2D eigenvalue weighted by Gasteiger charge is 2.32. The average Bonchev–Trinajstić information content (AvgIpc) is 2.70. The van der Waals surface area contributed by atoms with Crippen LogP contribution in [0.25, 0.3) is 0 Å². The highest BCUT2D eigenvalue weighted by molar-refractivity contribution is 5.68. The minimum Gasteiger partial charge on any atom is -0.444 e. The number of ether oxygens (including phenoxy) is 2. The molecule has 7 nitrogen and oxygen atoms in total. The van der Waals surface area contributed by atoms with Crippen LogP contribution in [-0.4, -0.2) is 61.5 Å². The summed E-state index contributed by atoms with van der Waals surface area (Å²) in [6.45, 7) is 13.8. The number of likely N-dealkylation sites (tertiary alicyclic amines) is 1. The van der Waals surface area contributed by atoms with E-state index in [4.69, 9.17) is 9.47 Å². The second kappa shape index (κ2) is 8.05. The highest BCUT2D eigenvalue weighted by Crippen LogP contribution is 2.21. The van der Waals surface area contributed by atoms with Crippen molar-refractivity contribution in [3.8, 4) is 0 Å².